The molecule has 1 amide bonds. The Balaban J connectivity index is 1.93. The first-order valence-corrected chi connectivity index (χ1v) is 9.85. The molecule has 0 bridgehead atoms. The Bertz CT molecular complexity index is 901. The fraction of sp³-hybridized carbons (Fsp3) is 0.273. The van der Waals surface area contributed by atoms with Crippen LogP contribution in [0, 0.1) is 13.8 Å². The van der Waals surface area contributed by atoms with Crippen LogP contribution in [0.5, 0.6) is 5.75 Å². The van der Waals surface area contributed by atoms with Crippen LogP contribution in [0.3, 0.4) is 0 Å². The zero-order valence-electron chi connectivity index (χ0n) is 16.2. The molecule has 0 unspecified atom stereocenters. The minimum atomic E-state index is 0.00672. The Morgan fingerprint density at radius 1 is 1.15 bits per heavy atom. The van der Waals surface area contributed by atoms with Crippen molar-refractivity contribution in [2.45, 2.75) is 27.2 Å². The second-order valence-corrected chi connectivity index (χ2v) is 7.54. The second kappa shape index (κ2) is 8.44. The van der Waals surface area contributed by atoms with Crippen molar-refractivity contribution < 1.29 is 9.53 Å². The van der Waals surface area contributed by atoms with E-state index in [4.69, 9.17) is 9.73 Å². The zero-order valence-corrected chi connectivity index (χ0v) is 17.0. The first kappa shape index (κ1) is 19.2. The lowest BCUT2D eigenvalue weighted by molar-refractivity contribution is -0.122. The Morgan fingerprint density at radius 2 is 1.89 bits per heavy atom. The van der Waals surface area contributed by atoms with Crippen molar-refractivity contribution in [3.63, 3.8) is 0 Å². The van der Waals surface area contributed by atoms with Gasteiger partial charge in [0.1, 0.15) is 5.75 Å². The number of hydrogen-bond donors (Lipinski definition) is 0. The molecule has 2 aromatic rings. The Morgan fingerprint density at radius 3 is 2.56 bits per heavy atom. The van der Waals surface area contributed by atoms with Crippen LogP contribution < -0.4 is 4.74 Å². The van der Waals surface area contributed by atoms with Crippen LogP contribution in [-0.4, -0.2) is 29.6 Å². The van der Waals surface area contributed by atoms with Gasteiger partial charge in [-0.05, 0) is 67.4 Å². The monoisotopic (exact) mass is 380 g/mol. The second-order valence-electron chi connectivity index (χ2n) is 6.53. The van der Waals surface area contributed by atoms with Crippen molar-refractivity contribution in [2.75, 3.05) is 13.7 Å². The standard InChI is InChI=1S/C22H24N2O2S/c1-5-12-24-21(25)20(14-17-9-8-16(3)19(13-17)26-4)27-22(24)23-18-10-6-15(2)7-11-18/h6-11,13-14H,5,12H2,1-4H3/b20-14+,23-22?. The number of ether oxygens (including phenoxy) is 1. The summed E-state index contributed by atoms with van der Waals surface area (Å²) in [5, 5.41) is 0.732. The zero-order chi connectivity index (χ0) is 19.4. The van der Waals surface area contributed by atoms with E-state index in [1.165, 1.54) is 17.3 Å². The molecule has 0 aliphatic carbocycles. The van der Waals surface area contributed by atoms with Gasteiger partial charge >= 0.3 is 0 Å². The molecule has 0 saturated carbocycles. The van der Waals surface area contributed by atoms with E-state index in [1.807, 2.05) is 62.4 Å². The van der Waals surface area contributed by atoms with Gasteiger partial charge in [0.05, 0.1) is 17.7 Å². The van der Waals surface area contributed by atoms with Crippen LogP contribution in [0.2, 0.25) is 0 Å². The van der Waals surface area contributed by atoms with Gasteiger partial charge in [-0.2, -0.15) is 0 Å². The number of amides is 1. The lowest BCUT2D eigenvalue weighted by Crippen LogP contribution is -2.29. The van der Waals surface area contributed by atoms with E-state index in [2.05, 4.69) is 6.92 Å². The SMILES string of the molecule is CCCN1C(=O)/C(=C\c2ccc(C)c(OC)c2)SC1=Nc1ccc(C)cc1. The van der Waals surface area contributed by atoms with Crippen LogP contribution in [-0.2, 0) is 4.79 Å². The van der Waals surface area contributed by atoms with Crippen molar-refractivity contribution in [1.82, 2.24) is 4.90 Å². The number of methoxy groups -OCH3 is 1. The molecule has 0 atom stereocenters. The third-order valence-corrected chi connectivity index (χ3v) is 5.33. The van der Waals surface area contributed by atoms with E-state index in [9.17, 15) is 4.79 Å². The number of nitrogens with zero attached hydrogens (tertiary/aromatic N) is 2. The lowest BCUT2D eigenvalue weighted by Gasteiger charge is -2.14. The van der Waals surface area contributed by atoms with Crippen molar-refractivity contribution in [3.8, 4) is 5.75 Å². The molecule has 3 rings (SSSR count). The van der Waals surface area contributed by atoms with E-state index >= 15 is 0 Å². The molecule has 0 radical (unpaired) electrons. The fourth-order valence-corrected chi connectivity index (χ4v) is 3.84. The van der Waals surface area contributed by atoms with Gasteiger partial charge in [0.15, 0.2) is 5.17 Å². The summed E-state index contributed by atoms with van der Waals surface area (Å²) in [4.78, 5) is 20.1. The number of thioether (sulfide) groups is 1. The molecule has 0 spiro atoms. The van der Waals surface area contributed by atoms with Crippen molar-refractivity contribution >= 4 is 34.6 Å². The summed E-state index contributed by atoms with van der Waals surface area (Å²) >= 11 is 1.43. The number of carbonyl (C=O) groups is 1. The summed E-state index contributed by atoms with van der Waals surface area (Å²) in [5.41, 5.74) is 4.06. The predicted octanol–water partition coefficient (Wildman–Crippen LogP) is 5.33. The third kappa shape index (κ3) is 4.42. The highest BCUT2D eigenvalue weighted by Crippen LogP contribution is 2.35. The topological polar surface area (TPSA) is 41.9 Å². The number of amidine groups is 1. The highest BCUT2D eigenvalue weighted by molar-refractivity contribution is 8.18. The maximum Gasteiger partial charge on any atom is 0.266 e. The van der Waals surface area contributed by atoms with E-state index in [0.29, 0.717) is 11.4 Å². The molecular formula is C22H24N2O2S. The summed E-state index contributed by atoms with van der Waals surface area (Å²) < 4.78 is 5.39. The molecule has 27 heavy (non-hydrogen) atoms. The Hall–Kier alpha value is -2.53. The highest BCUT2D eigenvalue weighted by Gasteiger charge is 2.32. The molecule has 2 aromatic carbocycles. The maximum absolute atomic E-state index is 12.9. The minimum absolute atomic E-state index is 0.00672. The Labute approximate surface area is 164 Å². The quantitative estimate of drug-likeness (QED) is 0.659. The Kier molecular flexibility index (Phi) is 6.01. The van der Waals surface area contributed by atoms with Crippen LogP contribution >= 0.6 is 11.8 Å². The predicted molar refractivity (Wildman–Crippen MR) is 114 cm³/mol. The summed E-state index contributed by atoms with van der Waals surface area (Å²) in [6, 6.07) is 14.0. The largest absolute Gasteiger partial charge is 0.496 e. The first-order valence-electron chi connectivity index (χ1n) is 9.03. The molecule has 1 heterocycles. The van der Waals surface area contributed by atoms with Gasteiger partial charge in [-0.15, -0.1) is 0 Å². The van der Waals surface area contributed by atoms with Crippen LogP contribution in [0.4, 0.5) is 5.69 Å². The van der Waals surface area contributed by atoms with E-state index in [0.717, 1.165) is 34.2 Å². The normalized spacial score (nSPS) is 17.2. The van der Waals surface area contributed by atoms with Gasteiger partial charge in [0.25, 0.3) is 5.91 Å². The summed E-state index contributed by atoms with van der Waals surface area (Å²) in [6.07, 6.45) is 2.79. The van der Waals surface area contributed by atoms with Crippen molar-refractivity contribution in [1.29, 1.82) is 0 Å². The third-order valence-electron chi connectivity index (χ3n) is 4.32. The molecule has 5 heteroatoms. The van der Waals surface area contributed by atoms with Gasteiger partial charge in [0.2, 0.25) is 0 Å². The van der Waals surface area contributed by atoms with Gasteiger partial charge in [0, 0.05) is 6.54 Å². The molecule has 1 aliphatic heterocycles. The highest BCUT2D eigenvalue weighted by atomic mass is 32.2. The molecular weight excluding hydrogens is 356 g/mol. The average Bonchev–Trinajstić information content (AvgIpc) is 2.94. The summed E-state index contributed by atoms with van der Waals surface area (Å²) in [7, 11) is 1.66. The number of rotatable bonds is 5. The summed E-state index contributed by atoms with van der Waals surface area (Å²) in [6.45, 7) is 6.77. The number of benzene rings is 2. The van der Waals surface area contributed by atoms with E-state index in [-0.39, 0.29) is 5.91 Å². The minimum Gasteiger partial charge on any atom is -0.496 e. The number of hydrogen-bond acceptors (Lipinski definition) is 4. The molecule has 0 N–H and O–H groups in total. The van der Waals surface area contributed by atoms with Gasteiger partial charge in [-0.3, -0.25) is 9.69 Å². The number of carbonyl (C=O) groups excluding carboxylic acids is 1. The lowest BCUT2D eigenvalue weighted by atomic mass is 10.1. The van der Waals surface area contributed by atoms with Gasteiger partial charge in [-0.25, -0.2) is 4.99 Å². The van der Waals surface area contributed by atoms with Gasteiger partial charge in [-0.1, -0.05) is 36.8 Å². The van der Waals surface area contributed by atoms with E-state index < -0.39 is 0 Å². The summed E-state index contributed by atoms with van der Waals surface area (Å²) in [5.74, 6) is 0.825. The molecule has 0 aromatic heterocycles. The first-order chi connectivity index (χ1) is 13.0. The van der Waals surface area contributed by atoms with E-state index in [1.54, 1.807) is 12.0 Å². The van der Waals surface area contributed by atoms with Crippen molar-refractivity contribution in [2.24, 2.45) is 4.99 Å². The number of aryl methyl sites for hydroxylation is 2. The molecule has 1 saturated heterocycles. The molecule has 1 aliphatic rings. The fourth-order valence-electron chi connectivity index (χ4n) is 2.82. The smallest absolute Gasteiger partial charge is 0.266 e. The molecule has 1 fully saturated rings. The van der Waals surface area contributed by atoms with Crippen LogP contribution in [0.1, 0.15) is 30.0 Å². The van der Waals surface area contributed by atoms with Crippen LogP contribution in [0.15, 0.2) is 52.4 Å². The van der Waals surface area contributed by atoms with Crippen LogP contribution in [0.25, 0.3) is 6.08 Å². The van der Waals surface area contributed by atoms with Gasteiger partial charge < -0.3 is 4.74 Å². The number of aliphatic imine (C=N–C) groups is 1. The average molecular weight is 381 g/mol. The van der Waals surface area contributed by atoms with Crippen molar-refractivity contribution in [3.05, 3.63) is 64.1 Å². The maximum atomic E-state index is 12.9. The molecule has 140 valence electrons. The molecule has 4 nitrogen and oxygen atoms in total.